The molecule has 0 bridgehead atoms. The molecule has 0 unspecified atom stereocenters. The predicted octanol–water partition coefficient (Wildman–Crippen LogP) is 6.57. The molecule has 1 aliphatic heterocycles. The zero-order valence-corrected chi connectivity index (χ0v) is 22.1. The first-order valence-electron chi connectivity index (χ1n) is 11.4. The quantitative estimate of drug-likeness (QED) is 0.263. The van der Waals surface area contributed by atoms with Crippen LogP contribution >= 0.6 is 27.7 Å². The number of imide groups is 1. The van der Waals surface area contributed by atoms with E-state index >= 15 is 0 Å². The van der Waals surface area contributed by atoms with Crippen LogP contribution in [0.3, 0.4) is 0 Å². The normalized spacial score (nSPS) is 14.7. The van der Waals surface area contributed by atoms with Crippen molar-refractivity contribution in [2.24, 2.45) is 0 Å². The average molecular weight is 578 g/mol. The van der Waals surface area contributed by atoms with E-state index in [1.165, 1.54) is 6.07 Å². The molecule has 3 amide bonds. The van der Waals surface area contributed by atoms with Crippen molar-refractivity contribution in [1.82, 2.24) is 9.47 Å². The number of nitrogens with zero attached hydrogens (tertiary/aromatic N) is 2. The number of amides is 3. The number of benzene rings is 3. The maximum absolute atomic E-state index is 14.4. The Morgan fingerprint density at radius 3 is 2.51 bits per heavy atom. The van der Waals surface area contributed by atoms with Crippen LogP contribution in [0, 0.1) is 12.7 Å². The Bertz CT molecular complexity index is 1600. The highest BCUT2D eigenvalue weighted by Gasteiger charge is 2.36. The van der Waals surface area contributed by atoms with E-state index in [0.717, 1.165) is 38.8 Å². The SMILES string of the molecule is Cc1c(/C=C2\SC(=O)N(CC(=O)Nc3ccccc3Br)C2=O)c2ccccc2n1Cc1ccccc1F. The summed E-state index contributed by atoms with van der Waals surface area (Å²) in [4.78, 5) is 39.5. The number of carbonyl (C=O) groups is 3. The summed E-state index contributed by atoms with van der Waals surface area (Å²) in [6, 6.07) is 21.4. The number of aromatic nitrogens is 1. The van der Waals surface area contributed by atoms with Gasteiger partial charge in [-0.1, -0.05) is 48.5 Å². The van der Waals surface area contributed by atoms with Gasteiger partial charge in [-0.2, -0.15) is 0 Å². The lowest BCUT2D eigenvalue weighted by molar-refractivity contribution is -0.127. The highest BCUT2D eigenvalue weighted by molar-refractivity contribution is 9.10. The van der Waals surface area contributed by atoms with Crippen LogP contribution in [0.2, 0.25) is 0 Å². The average Bonchev–Trinajstić information content (AvgIpc) is 3.30. The summed E-state index contributed by atoms with van der Waals surface area (Å²) in [7, 11) is 0. The van der Waals surface area contributed by atoms with Crippen LogP contribution in [0.5, 0.6) is 0 Å². The van der Waals surface area contributed by atoms with E-state index in [9.17, 15) is 18.8 Å². The van der Waals surface area contributed by atoms with E-state index < -0.39 is 23.6 Å². The molecule has 1 aliphatic rings. The molecule has 37 heavy (non-hydrogen) atoms. The van der Waals surface area contributed by atoms with Crippen LogP contribution in [0.4, 0.5) is 14.9 Å². The first kappa shape index (κ1) is 25.0. The second kappa shape index (κ2) is 10.4. The van der Waals surface area contributed by atoms with Crippen molar-refractivity contribution in [2.75, 3.05) is 11.9 Å². The molecule has 0 saturated carbocycles. The summed E-state index contributed by atoms with van der Waals surface area (Å²) in [5.74, 6) is -1.29. The summed E-state index contributed by atoms with van der Waals surface area (Å²) in [6.45, 7) is 1.84. The van der Waals surface area contributed by atoms with Crippen LogP contribution in [-0.4, -0.2) is 33.1 Å². The fourth-order valence-electron chi connectivity index (χ4n) is 4.30. The molecule has 1 fully saturated rings. The smallest absolute Gasteiger partial charge is 0.294 e. The number of rotatable bonds is 6. The van der Waals surface area contributed by atoms with Gasteiger partial charge < -0.3 is 9.88 Å². The third-order valence-corrected chi connectivity index (χ3v) is 7.76. The number of thioether (sulfide) groups is 1. The van der Waals surface area contributed by atoms with E-state index in [1.54, 1.807) is 42.5 Å². The largest absolute Gasteiger partial charge is 0.340 e. The molecule has 1 aromatic heterocycles. The van der Waals surface area contributed by atoms with E-state index in [1.807, 2.05) is 41.8 Å². The minimum Gasteiger partial charge on any atom is -0.340 e. The number of carbonyl (C=O) groups excluding carboxylic acids is 3. The monoisotopic (exact) mass is 577 g/mol. The van der Waals surface area contributed by atoms with E-state index in [2.05, 4.69) is 21.2 Å². The Kier molecular flexibility index (Phi) is 6.99. The summed E-state index contributed by atoms with van der Waals surface area (Å²) < 4.78 is 17.1. The molecular weight excluding hydrogens is 557 g/mol. The Balaban J connectivity index is 1.43. The molecule has 1 saturated heterocycles. The van der Waals surface area contributed by atoms with Crippen LogP contribution in [0.1, 0.15) is 16.8 Å². The molecule has 0 aliphatic carbocycles. The first-order chi connectivity index (χ1) is 17.8. The van der Waals surface area contributed by atoms with Gasteiger partial charge in [-0.3, -0.25) is 19.3 Å². The van der Waals surface area contributed by atoms with E-state index in [-0.39, 0.29) is 10.7 Å². The van der Waals surface area contributed by atoms with E-state index in [0.29, 0.717) is 22.3 Å². The van der Waals surface area contributed by atoms with Gasteiger partial charge in [-0.05, 0) is 65.0 Å². The molecule has 4 aromatic rings. The zero-order chi connectivity index (χ0) is 26.1. The predicted molar refractivity (Wildman–Crippen MR) is 148 cm³/mol. The number of hydrogen-bond donors (Lipinski definition) is 1. The minimum absolute atomic E-state index is 0.232. The topological polar surface area (TPSA) is 71.4 Å². The van der Waals surface area contributed by atoms with Crippen molar-refractivity contribution in [3.8, 4) is 0 Å². The first-order valence-corrected chi connectivity index (χ1v) is 13.1. The Hall–Kier alpha value is -3.69. The standard InChI is InChI=1S/C28H21BrFN3O3S/c1-17-20(19-9-3-7-13-24(19)32(17)15-18-8-2-5-11-22(18)30)14-25-27(35)33(28(36)37-25)16-26(34)31-23-12-6-4-10-21(23)29/h2-14H,15-16H2,1H3,(H,31,34)/b25-14-. The summed E-state index contributed by atoms with van der Waals surface area (Å²) in [5, 5.41) is 3.09. The number of para-hydroxylation sites is 2. The molecule has 0 radical (unpaired) electrons. The molecular formula is C28H21BrFN3O3S. The van der Waals surface area contributed by atoms with Crippen molar-refractivity contribution in [1.29, 1.82) is 0 Å². The lowest BCUT2D eigenvalue weighted by Gasteiger charge is -2.13. The lowest BCUT2D eigenvalue weighted by atomic mass is 10.1. The van der Waals surface area contributed by atoms with Gasteiger partial charge in [0.15, 0.2) is 0 Å². The van der Waals surface area contributed by atoms with Crippen molar-refractivity contribution in [2.45, 2.75) is 13.5 Å². The van der Waals surface area contributed by atoms with Crippen molar-refractivity contribution in [3.05, 3.63) is 105 Å². The highest BCUT2D eigenvalue weighted by Crippen LogP contribution is 2.36. The molecule has 3 aromatic carbocycles. The molecule has 9 heteroatoms. The van der Waals surface area contributed by atoms with Gasteiger partial charge >= 0.3 is 0 Å². The highest BCUT2D eigenvalue weighted by atomic mass is 79.9. The van der Waals surface area contributed by atoms with Gasteiger partial charge in [0.1, 0.15) is 12.4 Å². The summed E-state index contributed by atoms with van der Waals surface area (Å²) >= 11 is 4.16. The summed E-state index contributed by atoms with van der Waals surface area (Å²) in [5.41, 5.74) is 3.60. The Morgan fingerprint density at radius 2 is 1.73 bits per heavy atom. The minimum atomic E-state index is -0.525. The fraction of sp³-hybridized carbons (Fsp3) is 0.107. The zero-order valence-electron chi connectivity index (χ0n) is 19.7. The van der Waals surface area contributed by atoms with E-state index in [4.69, 9.17) is 0 Å². The van der Waals surface area contributed by atoms with Crippen LogP contribution in [-0.2, 0) is 16.1 Å². The van der Waals surface area contributed by atoms with Gasteiger partial charge in [0.25, 0.3) is 11.1 Å². The van der Waals surface area contributed by atoms with Gasteiger partial charge in [-0.25, -0.2) is 4.39 Å². The maximum Gasteiger partial charge on any atom is 0.294 e. The van der Waals surface area contributed by atoms with Gasteiger partial charge in [-0.15, -0.1) is 0 Å². The number of fused-ring (bicyclic) bond motifs is 1. The van der Waals surface area contributed by atoms with Crippen molar-refractivity contribution in [3.63, 3.8) is 0 Å². The van der Waals surface area contributed by atoms with Crippen LogP contribution < -0.4 is 5.32 Å². The van der Waals surface area contributed by atoms with Gasteiger partial charge in [0, 0.05) is 32.2 Å². The second-order valence-corrected chi connectivity index (χ2v) is 10.3. The summed E-state index contributed by atoms with van der Waals surface area (Å²) in [6.07, 6.45) is 1.69. The van der Waals surface area contributed by atoms with Crippen molar-refractivity contribution < 1.29 is 18.8 Å². The second-order valence-electron chi connectivity index (χ2n) is 8.49. The third kappa shape index (κ3) is 4.97. The lowest BCUT2D eigenvalue weighted by Crippen LogP contribution is -2.36. The third-order valence-electron chi connectivity index (χ3n) is 6.16. The van der Waals surface area contributed by atoms with Crippen LogP contribution in [0.15, 0.2) is 82.2 Å². The van der Waals surface area contributed by atoms with Crippen molar-refractivity contribution >= 4 is 67.4 Å². The maximum atomic E-state index is 14.4. The van der Waals surface area contributed by atoms with Gasteiger partial charge in [0.05, 0.1) is 17.1 Å². The molecule has 5 rings (SSSR count). The number of nitrogens with one attached hydrogen (secondary N) is 1. The fourth-order valence-corrected chi connectivity index (χ4v) is 5.51. The Morgan fingerprint density at radius 1 is 1.03 bits per heavy atom. The number of anilines is 1. The molecule has 186 valence electrons. The molecule has 6 nitrogen and oxygen atoms in total. The number of halogens is 2. The molecule has 0 spiro atoms. The molecule has 1 N–H and O–H groups in total. The van der Waals surface area contributed by atoms with Crippen LogP contribution in [0.25, 0.3) is 17.0 Å². The molecule has 0 atom stereocenters. The Labute approximate surface area is 225 Å². The molecule has 2 heterocycles. The van der Waals surface area contributed by atoms with Gasteiger partial charge in [0.2, 0.25) is 5.91 Å². The number of hydrogen-bond acceptors (Lipinski definition) is 4.